The van der Waals surface area contributed by atoms with Crippen molar-refractivity contribution in [2.75, 3.05) is 14.2 Å². The highest BCUT2D eigenvalue weighted by molar-refractivity contribution is 7.71. The number of ketones is 1. The van der Waals surface area contributed by atoms with Crippen LogP contribution in [0.5, 0.6) is 11.5 Å². The molecule has 0 saturated carbocycles. The topological polar surface area (TPSA) is 69.7 Å². The molecule has 0 radical (unpaired) electrons. The monoisotopic (exact) mass is 449 g/mol. The van der Waals surface area contributed by atoms with Gasteiger partial charge < -0.3 is 9.47 Å². The van der Waals surface area contributed by atoms with E-state index in [4.69, 9.17) is 9.47 Å². The van der Waals surface area contributed by atoms with Crippen molar-refractivity contribution in [2.45, 2.75) is 26.7 Å². The van der Waals surface area contributed by atoms with E-state index in [0.29, 0.717) is 46.3 Å². The molecule has 0 N–H and O–H groups in total. The minimum atomic E-state index is -2.52. The third kappa shape index (κ3) is 4.35. The van der Waals surface area contributed by atoms with E-state index >= 15 is 0 Å². The summed E-state index contributed by atoms with van der Waals surface area (Å²) in [5.41, 5.74) is 2.00. The lowest BCUT2D eigenvalue weighted by atomic mass is 9.94. The number of aryl methyl sites for hydroxylation is 1. The van der Waals surface area contributed by atoms with E-state index < -0.39 is 13.3 Å². The Morgan fingerprint density at radius 3 is 1.97 bits per heavy atom. The maximum atomic E-state index is 13.7. The smallest absolute Gasteiger partial charge is 0.459 e. The number of ether oxygens (including phenoxy) is 2. The zero-order valence-corrected chi connectivity index (χ0v) is 19.6. The standard InChI is InChI=1S/C26H26O5P/c1-5-17-15-16-20(24(27)18-11-8-7-9-12-18)19(6-2)25(17)32(29)26(28)23-21(30-3)13-10-14-22(23)31-4/h7-16H,5-6H2,1-4H3/q+1. The van der Waals surface area contributed by atoms with E-state index in [9.17, 15) is 14.2 Å². The molecule has 0 amide bonds. The van der Waals surface area contributed by atoms with Gasteiger partial charge in [0.1, 0.15) is 11.5 Å². The molecular weight excluding hydrogens is 423 g/mol. The first-order valence-corrected chi connectivity index (χ1v) is 11.7. The van der Waals surface area contributed by atoms with Gasteiger partial charge >= 0.3 is 13.3 Å². The zero-order valence-electron chi connectivity index (χ0n) is 18.7. The lowest BCUT2D eigenvalue weighted by Gasteiger charge is -2.12. The molecule has 1 unspecified atom stereocenters. The van der Waals surface area contributed by atoms with Crippen LogP contribution in [0.3, 0.4) is 0 Å². The average Bonchev–Trinajstić information content (AvgIpc) is 2.86. The fourth-order valence-electron chi connectivity index (χ4n) is 3.80. The van der Waals surface area contributed by atoms with Crippen LogP contribution in [-0.2, 0) is 17.4 Å². The predicted octanol–water partition coefficient (Wildman–Crippen LogP) is 5.35. The van der Waals surface area contributed by atoms with Gasteiger partial charge in [0.25, 0.3) is 0 Å². The van der Waals surface area contributed by atoms with Crippen molar-refractivity contribution in [3.05, 3.63) is 88.5 Å². The second-order valence-electron chi connectivity index (χ2n) is 7.14. The molecule has 0 heterocycles. The average molecular weight is 449 g/mol. The normalized spacial score (nSPS) is 11.1. The van der Waals surface area contributed by atoms with E-state index in [0.717, 1.165) is 5.56 Å². The van der Waals surface area contributed by atoms with E-state index in [-0.39, 0.29) is 11.3 Å². The second-order valence-corrected chi connectivity index (χ2v) is 8.58. The van der Waals surface area contributed by atoms with Crippen molar-refractivity contribution < 1.29 is 23.6 Å². The summed E-state index contributed by atoms with van der Waals surface area (Å²) in [7, 11) is 0.381. The van der Waals surface area contributed by atoms with Crippen LogP contribution < -0.4 is 14.8 Å². The molecule has 0 bridgehead atoms. The highest BCUT2D eigenvalue weighted by atomic mass is 31.1. The fraction of sp³-hybridized carbons (Fsp3) is 0.231. The predicted molar refractivity (Wildman–Crippen MR) is 126 cm³/mol. The SMILES string of the molecule is CCc1ccc(C(=O)c2ccccc2)c(CC)c1[P+](=O)C(=O)c1c(OC)cccc1OC. The number of carbonyl (C=O) groups excluding carboxylic acids is 2. The van der Waals surface area contributed by atoms with Gasteiger partial charge in [-0.05, 0) is 25.0 Å². The third-order valence-corrected chi connectivity index (χ3v) is 6.97. The Labute approximate surface area is 189 Å². The van der Waals surface area contributed by atoms with Crippen LogP contribution in [0, 0.1) is 0 Å². The van der Waals surface area contributed by atoms with Gasteiger partial charge in [-0.25, -0.2) is 4.79 Å². The van der Waals surface area contributed by atoms with Crippen molar-refractivity contribution in [3.8, 4) is 11.5 Å². The van der Waals surface area contributed by atoms with Crippen LogP contribution >= 0.6 is 7.80 Å². The highest BCUT2D eigenvalue weighted by Crippen LogP contribution is 2.39. The quantitative estimate of drug-likeness (QED) is 0.325. The number of methoxy groups -OCH3 is 2. The van der Waals surface area contributed by atoms with Crippen LogP contribution in [0.15, 0.2) is 60.7 Å². The first kappa shape index (κ1) is 23.4. The second kappa shape index (κ2) is 10.3. The number of rotatable bonds is 9. The lowest BCUT2D eigenvalue weighted by Crippen LogP contribution is -2.20. The number of hydrogen-bond donors (Lipinski definition) is 0. The molecule has 0 spiro atoms. The number of carbonyl (C=O) groups is 2. The van der Waals surface area contributed by atoms with Gasteiger partial charge in [-0.1, -0.05) is 66.9 Å². The van der Waals surface area contributed by atoms with Crippen molar-refractivity contribution in [1.82, 2.24) is 0 Å². The summed E-state index contributed by atoms with van der Waals surface area (Å²) >= 11 is 0. The molecule has 3 aromatic carbocycles. The Morgan fingerprint density at radius 1 is 0.812 bits per heavy atom. The summed E-state index contributed by atoms with van der Waals surface area (Å²) in [6.45, 7) is 3.84. The summed E-state index contributed by atoms with van der Waals surface area (Å²) in [6.07, 6.45) is 1.05. The number of hydrogen-bond acceptors (Lipinski definition) is 5. The van der Waals surface area contributed by atoms with Gasteiger partial charge in [0.2, 0.25) is 5.30 Å². The van der Waals surface area contributed by atoms with Gasteiger partial charge in [0, 0.05) is 22.3 Å². The minimum Gasteiger partial charge on any atom is -0.496 e. The summed E-state index contributed by atoms with van der Waals surface area (Å²) < 4.78 is 24.4. The van der Waals surface area contributed by atoms with E-state index in [1.165, 1.54) is 14.2 Å². The first-order chi connectivity index (χ1) is 15.5. The van der Waals surface area contributed by atoms with Crippen molar-refractivity contribution in [3.63, 3.8) is 0 Å². The van der Waals surface area contributed by atoms with Crippen molar-refractivity contribution >= 4 is 24.4 Å². The molecule has 3 aromatic rings. The Kier molecular flexibility index (Phi) is 7.55. The van der Waals surface area contributed by atoms with Crippen LogP contribution in [0.4, 0.5) is 0 Å². The van der Waals surface area contributed by atoms with Crippen LogP contribution in [-0.4, -0.2) is 25.5 Å². The molecule has 3 rings (SSSR count). The van der Waals surface area contributed by atoms with E-state index in [2.05, 4.69) is 0 Å². The molecule has 0 saturated heterocycles. The largest absolute Gasteiger partial charge is 0.496 e. The van der Waals surface area contributed by atoms with Gasteiger partial charge in [-0.2, -0.15) is 0 Å². The molecule has 6 heteroatoms. The molecular formula is C26H26O5P+. The van der Waals surface area contributed by atoms with Gasteiger partial charge in [-0.3, -0.25) is 4.79 Å². The first-order valence-electron chi connectivity index (χ1n) is 10.4. The Hall–Kier alpha value is -3.30. The molecule has 0 aliphatic carbocycles. The fourth-order valence-corrected chi connectivity index (χ4v) is 5.45. The maximum absolute atomic E-state index is 13.7. The zero-order chi connectivity index (χ0) is 23.3. The number of benzene rings is 3. The van der Waals surface area contributed by atoms with Crippen LogP contribution in [0.25, 0.3) is 0 Å². The molecule has 5 nitrogen and oxygen atoms in total. The molecule has 32 heavy (non-hydrogen) atoms. The minimum absolute atomic E-state index is 0.141. The molecule has 164 valence electrons. The van der Waals surface area contributed by atoms with Crippen molar-refractivity contribution in [1.29, 1.82) is 0 Å². The Bertz CT molecular complexity index is 1150. The van der Waals surface area contributed by atoms with E-state index in [1.807, 2.05) is 19.9 Å². The summed E-state index contributed by atoms with van der Waals surface area (Å²) in [5.74, 6) is 0.438. The van der Waals surface area contributed by atoms with Crippen molar-refractivity contribution in [2.24, 2.45) is 0 Å². The van der Waals surface area contributed by atoms with Gasteiger partial charge in [-0.15, -0.1) is 0 Å². The molecule has 1 atom stereocenters. The Balaban J connectivity index is 2.18. The molecule has 0 aliphatic rings. The molecule has 0 fully saturated rings. The van der Waals surface area contributed by atoms with Gasteiger partial charge in [0.05, 0.1) is 14.2 Å². The molecule has 0 aromatic heterocycles. The van der Waals surface area contributed by atoms with Crippen LogP contribution in [0.2, 0.25) is 0 Å². The van der Waals surface area contributed by atoms with Crippen LogP contribution in [0.1, 0.15) is 51.3 Å². The van der Waals surface area contributed by atoms with E-state index in [1.54, 1.807) is 54.6 Å². The Morgan fingerprint density at radius 2 is 1.44 bits per heavy atom. The lowest BCUT2D eigenvalue weighted by molar-refractivity contribution is 0.103. The summed E-state index contributed by atoms with van der Waals surface area (Å²) in [5, 5.41) is 0.435. The molecule has 0 aliphatic heterocycles. The highest BCUT2D eigenvalue weighted by Gasteiger charge is 2.41. The summed E-state index contributed by atoms with van der Waals surface area (Å²) in [6, 6.07) is 17.5. The summed E-state index contributed by atoms with van der Waals surface area (Å²) in [4.78, 5) is 26.7. The third-order valence-electron chi connectivity index (χ3n) is 5.41. The van der Waals surface area contributed by atoms with Gasteiger partial charge in [0.15, 0.2) is 11.3 Å². The maximum Gasteiger partial charge on any atom is 0.459 e.